The molecular weight excluding hydrogens is 1710 g/mol. The van der Waals surface area contributed by atoms with Crippen LogP contribution < -0.4 is 35.5 Å². The number of nitrogens with one attached hydrogen (secondary N) is 5. The molecule has 32 heteroatoms. The number of imidazole rings is 1. The van der Waals surface area contributed by atoms with Crippen molar-refractivity contribution in [1.29, 1.82) is 0 Å². The summed E-state index contributed by atoms with van der Waals surface area (Å²) in [4.78, 5) is 92.7. The first-order chi connectivity index (χ1) is 57.4. The largest absolute Gasteiger partial charge is 0.508 e. The second kappa shape index (κ2) is 49.8. The highest BCUT2D eigenvalue weighted by molar-refractivity contribution is 7.59. The molecule has 0 radical (unpaired) electrons. The fourth-order valence-corrected chi connectivity index (χ4v) is 19.1. The van der Waals surface area contributed by atoms with Gasteiger partial charge in [-0.05, 0) is 195 Å². The molecule has 0 amide bonds. The first kappa shape index (κ1) is 98.1. The Kier molecular flexibility index (Phi) is 40.1. The number of aldehydes is 4. The fraction of sp³-hybridized carbons (Fsp3) is 0.378. The van der Waals surface area contributed by atoms with Gasteiger partial charge in [0, 0.05) is 109 Å². The van der Waals surface area contributed by atoms with Gasteiger partial charge < -0.3 is 45.6 Å². The maximum absolute atomic E-state index is 10.9. The van der Waals surface area contributed by atoms with E-state index in [0.29, 0.717) is 82.4 Å². The van der Waals surface area contributed by atoms with Gasteiger partial charge >= 0.3 is 0 Å². The van der Waals surface area contributed by atoms with Gasteiger partial charge in [0.25, 0.3) is 0 Å². The summed E-state index contributed by atoms with van der Waals surface area (Å²) in [5.74, 6) is 7.78. The molecule has 6 N–H and O–H groups in total. The number of aromatic amines is 1. The number of hydrogen-bond acceptors (Lipinski definition) is 26. The molecule has 4 aliphatic rings. The number of anilines is 4. The van der Waals surface area contributed by atoms with E-state index < -0.39 is 5.78 Å². The summed E-state index contributed by atoms with van der Waals surface area (Å²) in [5.41, 5.74) is 6.72. The average Bonchev–Trinajstić information content (AvgIpc) is 1.68. The Morgan fingerprint density at radius 2 is 0.721 bits per heavy atom. The molecule has 17 rings (SSSR count). The van der Waals surface area contributed by atoms with Crippen LogP contribution in [0.2, 0.25) is 5.02 Å². The van der Waals surface area contributed by atoms with Gasteiger partial charge in [0.2, 0.25) is 0 Å². The van der Waals surface area contributed by atoms with Crippen LogP contribution in [0.3, 0.4) is 0 Å². The number of Topliss-reactive ketones (excluding diaryl/α,β-unsaturated/α-hetero) is 1. The molecule has 23 nitrogen and oxygen atoms in total. The number of carbonyl (C=O) groups excluding carboxylic acids is 5. The van der Waals surface area contributed by atoms with Gasteiger partial charge in [0.05, 0.1) is 40.9 Å². The lowest BCUT2D eigenvalue weighted by Crippen LogP contribution is -2.27. The third kappa shape index (κ3) is 29.7. The summed E-state index contributed by atoms with van der Waals surface area (Å²) < 4.78 is 22.2. The highest BCUT2D eigenvalue weighted by Crippen LogP contribution is 2.40. The molecule has 0 spiro atoms. The van der Waals surface area contributed by atoms with E-state index in [4.69, 9.17) is 45.6 Å². The molecule has 0 saturated heterocycles. The maximum Gasteiger partial charge on any atom is 0.192 e. The first-order valence-corrected chi connectivity index (χ1v) is 44.3. The fourth-order valence-electron chi connectivity index (χ4n) is 15.0. The number of halogens is 1. The van der Waals surface area contributed by atoms with Crippen molar-refractivity contribution >= 4 is 203 Å². The van der Waals surface area contributed by atoms with Crippen molar-refractivity contribution < 1.29 is 43.3 Å². The van der Waals surface area contributed by atoms with Gasteiger partial charge in [-0.1, -0.05) is 134 Å². The second-order valence-corrected chi connectivity index (χ2v) is 34.9. The van der Waals surface area contributed by atoms with Crippen LogP contribution in [0.25, 0.3) is 52.4 Å². The van der Waals surface area contributed by atoms with Gasteiger partial charge in [0.1, 0.15) is 63.0 Å². The molecule has 0 aliphatic heterocycles. The number of aromatic hydroxyl groups is 1. The zero-order valence-electron chi connectivity index (χ0n) is 69.3. The smallest absolute Gasteiger partial charge is 0.192 e. The minimum Gasteiger partial charge on any atom is -0.508 e. The summed E-state index contributed by atoms with van der Waals surface area (Å²) in [6.45, 7) is 12.3. The standard InChI is InChI=1S/C24H27N5OS.2C21H23N3O2S.C15H20N2OS.C6H4ClNO.C3H4O2.4H2S/c1-15-14-26-23(27-15)21-12-19(10-11-25-21)30-18-8-9-20-22(13-18)31-24(29-20)28-16(2)17-6-4-3-5-7-17;2*1-14(15-5-3-2-4-6-15)23-21-24-19-8-7-17(12-20(19)27-21)26-18-9-10-22-16(11-18)13-25;1-10(11-5-3-2-4-6-11)16-15-17-13-8-7-12(18)9-14(13)19-15;7-5-1-2-8-6(3-5)4-9;1-3(5)2-4;;;;/h8-14,16-17H,3-7H2,1-2H3,(H,26,27)(H,28,29);2*7-15H,2-6H2,1H3,(H,23,24);7-11,18H,2-6H2,1H3,(H,16,17);1-4H;2H,1H3;4*1H2/t16-;2*14-;10-;;;;;;/m0000....../s1. The molecular formula is C90H109ClN14O9S8. The number of nitrogens with zero attached hydrogens (tertiary/aromatic N) is 9. The number of fused-ring (bicyclic) bond motifs is 4. The summed E-state index contributed by atoms with van der Waals surface area (Å²) in [5, 5.41) is 28.3. The Bertz CT molecular complexity index is 5300. The van der Waals surface area contributed by atoms with Gasteiger partial charge in [-0.15, -0.1) is 0 Å². The van der Waals surface area contributed by atoms with Crippen molar-refractivity contribution in [2.45, 2.75) is 194 Å². The molecule has 0 unspecified atom stereocenters. The SMILES string of the molecule is CC(=O)C=O.C[C@H](Nc1nc2ccc(O)cc2s1)C1CCCCC1.C[C@H](Nc1nc2ccc(Oc3ccnc(C=O)c3)cc2s1)C1CCCCC1.C[C@H](Nc1nc2ccc(Oc3ccnc(C=O)c3)cc2s1)C1CCCCC1.Cc1cnc(-c2cc(Oc3ccc4nc(N[C@@H](C)C5CCCCC5)sc4c3)ccn2)[nH]1.O=Cc1cc(Cl)ccn1.S.S.S.S. The van der Waals surface area contributed by atoms with Gasteiger partial charge in [-0.25, -0.2) is 24.9 Å². The highest BCUT2D eigenvalue weighted by atomic mass is 35.5. The summed E-state index contributed by atoms with van der Waals surface area (Å²) in [7, 11) is 0. The normalized spacial score (nSPS) is 15.0. The van der Waals surface area contributed by atoms with Crippen LogP contribution >= 0.6 is 111 Å². The molecule has 0 bridgehead atoms. The van der Waals surface area contributed by atoms with Crippen LogP contribution in [0.5, 0.6) is 40.2 Å². The molecule has 4 aromatic carbocycles. The number of H-pyrrole nitrogens is 1. The number of ether oxygens (including phenoxy) is 3. The van der Waals surface area contributed by atoms with E-state index in [1.54, 1.807) is 113 Å². The number of phenolic OH excluding ortho intramolecular Hbond substituents is 1. The number of thiazole rings is 4. The van der Waals surface area contributed by atoms with E-state index in [9.17, 15) is 24.3 Å². The lowest BCUT2D eigenvalue weighted by atomic mass is 9.85. The van der Waals surface area contributed by atoms with Crippen molar-refractivity contribution in [3.8, 4) is 51.8 Å². The van der Waals surface area contributed by atoms with Crippen LogP contribution in [0.1, 0.15) is 200 Å². The summed E-state index contributed by atoms with van der Waals surface area (Å²) in [6, 6.07) is 38.6. The van der Waals surface area contributed by atoms with Crippen LogP contribution in [-0.2, 0) is 9.59 Å². The minimum absolute atomic E-state index is 0. The van der Waals surface area contributed by atoms with E-state index in [-0.39, 0.29) is 60.3 Å². The van der Waals surface area contributed by atoms with E-state index in [2.05, 4.69) is 89.9 Å². The molecule has 4 aliphatic carbocycles. The Morgan fingerprint density at radius 1 is 0.418 bits per heavy atom. The molecule has 9 aromatic heterocycles. The van der Waals surface area contributed by atoms with Gasteiger partial charge in [-0.2, -0.15) is 54.0 Å². The number of pyridine rings is 4. The number of rotatable bonds is 23. The number of phenols is 1. The molecule has 9 heterocycles. The quantitative estimate of drug-likeness (QED) is 0.0256. The topological polar surface area (TPSA) is 313 Å². The predicted molar refractivity (Wildman–Crippen MR) is 518 cm³/mol. The summed E-state index contributed by atoms with van der Waals surface area (Å²) >= 11 is 12.1. The third-order valence-electron chi connectivity index (χ3n) is 21.4. The Labute approximate surface area is 761 Å². The zero-order valence-corrected chi connectivity index (χ0v) is 77.3. The predicted octanol–water partition coefficient (Wildman–Crippen LogP) is 24.1. The highest BCUT2D eigenvalue weighted by Gasteiger charge is 2.26. The number of benzene rings is 4. The Morgan fingerprint density at radius 3 is 1.03 bits per heavy atom. The number of hydrogen-bond donors (Lipinski definition) is 6. The van der Waals surface area contributed by atoms with Crippen LogP contribution in [0.4, 0.5) is 20.5 Å². The van der Waals surface area contributed by atoms with Gasteiger partial charge in [-0.3, -0.25) is 43.9 Å². The lowest BCUT2D eigenvalue weighted by Gasteiger charge is -2.28. The van der Waals surface area contributed by atoms with E-state index in [1.807, 2.05) is 73.7 Å². The molecule has 13 aromatic rings. The van der Waals surface area contributed by atoms with Crippen LogP contribution in [-0.4, -0.2) is 110 Å². The second-order valence-electron chi connectivity index (χ2n) is 30.4. The molecule has 4 saturated carbocycles. The minimum atomic E-state index is -0.426. The van der Waals surface area contributed by atoms with Crippen molar-refractivity contribution in [3.05, 3.63) is 180 Å². The van der Waals surface area contributed by atoms with Crippen molar-refractivity contribution in [1.82, 2.24) is 49.8 Å². The van der Waals surface area contributed by atoms with Gasteiger partial charge in [0.15, 0.2) is 57.3 Å². The zero-order chi connectivity index (χ0) is 82.7. The van der Waals surface area contributed by atoms with E-state index >= 15 is 0 Å². The van der Waals surface area contributed by atoms with Crippen molar-refractivity contribution in [2.75, 3.05) is 21.3 Å². The van der Waals surface area contributed by atoms with Crippen molar-refractivity contribution in [3.63, 3.8) is 0 Å². The van der Waals surface area contributed by atoms with E-state index in [1.165, 1.54) is 148 Å². The first-order valence-electron chi connectivity index (χ1n) is 40.6. The molecule has 4 fully saturated rings. The number of ketones is 1. The molecule has 122 heavy (non-hydrogen) atoms. The molecule has 648 valence electrons. The number of carbonyl (C=O) groups is 5. The summed E-state index contributed by atoms with van der Waals surface area (Å²) in [6.07, 6.45) is 37.4. The Balaban J connectivity index is 0.000000191. The third-order valence-corrected chi connectivity index (χ3v) is 25.5. The van der Waals surface area contributed by atoms with Crippen LogP contribution in [0.15, 0.2) is 152 Å². The van der Waals surface area contributed by atoms with Crippen LogP contribution in [0, 0.1) is 30.6 Å². The lowest BCUT2D eigenvalue weighted by molar-refractivity contribution is -0.128. The number of aryl methyl sites for hydroxylation is 1. The average molecular weight is 1820 g/mol. The maximum atomic E-state index is 10.9. The number of aromatic nitrogens is 10. The molecule has 4 atom stereocenters. The Hall–Kier alpha value is -9.31. The van der Waals surface area contributed by atoms with E-state index in [0.717, 1.165) is 125 Å². The monoisotopic (exact) mass is 1820 g/mol. The van der Waals surface area contributed by atoms with Crippen molar-refractivity contribution in [2.24, 2.45) is 23.7 Å².